The van der Waals surface area contributed by atoms with Crippen LogP contribution in [0.5, 0.6) is 11.8 Å². The standard InChI is InChI=1S/C43H45F5N6O6/c1-6-27-29(44)10-8-23-16-25(58-22-56-5)17-28(33(23)27)36-35(45)37-34-30(49-36)11-13-31-32-12-9-24(54(32)40(55)60-41(2,3)4)19-53(31)38(34)51-39(50-37)57-21-42-14-7-15-52(42)20-26(18-42)59-43(46,47)48/h1,8,10,16-17,24,26,31-32H,7,9,11-15,18-22H2,2-5H3/t24-,26+,31-,32+,42-/m1/s1. The number of fused-ring (bicyclic) bond motifs is 7. The number of piperazine rings is 1. The van der Waals surface area contributed by atoms with E-state index in [1.807, 2.05) is 30.6 Å². The summed E-state index contributed by atoms with van der Waals surface area (Å²) >= 11 is 0. The van der Waals surface area contributed by atoms with Crippen LogP contribution in [0.15, 0.2) is 24.3 Å². The zero-order valence-electron chi connectivity index (χ0n) is 33.7. The van der Waals surface area contributed by atoms with Crippen LogP contribution in [0.25, 0.3) is 32.9 Å². The highest BCUT2D eigenvalue weighted by molar-refractivity contribution is 6.03. The van der Waals surface area contributed by atoms with Crippen LogP contribution in [0, 0.1) is 24.0 Å². The predicted octanol–water partition coefficient (Wildman–Crippen LogP) is 7.51. The molecule has 5 aliphatic rings. The highest BCUT2D eigenvalue weighted by atomic mass is 19.4. The zero-order chi connectivity index (χ0) is 42.3. The van der Waals surface area contributed by atoms with Gasteiger partial charge in [0, 0.05) is 31.1 Å². The number of ether oxygens (including phenoxy) is 5. The number of aryl methyl sites for hydroxylation is 1. The second kappa shape index (κ2) is 14.8. The van der Waals surface area contributed by atoms with Crippen LogP contribution in [-0.4, -0.2) is 113 Å². The Kier molecular flexibility index (Phi) is 9.98. The van der Waals surface area contributed by atoms with Crippen LogP contribution >= 0.6 is 0 Å². The van der Waals surface area contributed by atoms with Crippen molar-refractivity contribution < 1.29 is 50.4 Å². The molecule has 2 bridgehead atoms. The quantitative estimate of drug-likeness (QED) is 0.0999. The van der Waals surface area contributed by atoms with Gasteiger partial charge in [0.25, 0.3) is 0 Å². The van der Waals surface area contributed by atoms with Gasteiger partial charge in [-0.3, -0.25) is 14.5 Å². The lowest BCUT2D eigenvalue weighted by Gasteiger charge is -2.47. The molecule has 7 heterocycles. The summed E-state index contributed by atoms with van der Waals surface area (Å²) in [5.41, 5.74) is -1.16. The highest BCUT2D eigenvalue weighted by Gasteiger charge is 2.53. The van der Waals surface area contributed by atoms with Crippen LogP contribution in [0.1, 0.15) is 70.6 Å². The van der Waals surface area contributed by atoms with Gasteiger partial charge in [-0.2, -0.15) is 9.97 Å². The van der Waals surface area contributed by atoms with Crippen molar-refractivity contribution in [1.82, 2.24) is 24.8 Å². The molecule has 4 fully saturated rings. The van der Waals surface area contributed by atoms with E-state index in [1.165, 1.54) is 25.3 Å². The van der Waals surface area contributed by atoms with Gasteiger partial charge >= 0.3 is 18.5 Å². The van der Waals surface area contributed by atoms with E-state index in [0.29, 0.717) is 66.8 Å². The number of carbonyl (C=O) groups is 1. The fourth-order valence-corrected chi connectivity index (χ4v) is 10.2. The van der Waals surface area contributed by atoms with E-state index in [0.717, 1.165) is 12.8 Å². The number of halogens is 5. The number of carbonyl (C=O) groups excluding carboxylic acids is 1. The SMILES string of the molecule is C#Cc1c(F)ccc2cc(OCOC)cc(-c3nc4c5c(nc(OC[C@]67CCCN6C[C@@H](OC(F)(F)F)C7)nc5c3F)N3C[C@H]5CC[C@@H]([C@H]3CC4)N5C(=O)OC(C)(C)C)c12. The molecule has 0 unspecified atom stereocenters. The van der Waals surface area contributed by atoms with Gasteiger partial charge in [0.2, 0.25) is 0 Å². The third-order valence-corrected chi connectivity index (χ3v) is 12.5. The number of alkyl halides is 3. The van der Waals surface area contributed by atoms with Crippen molar-refractivity contribution in [3.63, 3.8) is 0 Å². The number of rotatable bonds is 8. The largest absolute Gasteiger partial charge is 0.522 e. The Morgan fingerprint density at radius 3 is 2.58 bits per heavy atom. The summed E-state index contributed by atoms with van der Waals surface area (Å²) in [6, 6.07) is 5.05. The number of terminal acetylenes is 1. The first-order valence-corrected chi connectivity index (χ1v) is 20.2. The molecule has 17 heteroatoms. The lowest BCUT2D eigenvalue weighted by molar-refractivity contribution is -0.340. The minimum Gasteiger partial charge on any atom is -0.468 e. The molecular weight excluding hydrogens is 791 g/mol. The first-order chi connectivity index (χ1) is 28.6. The third kappa shape index (κ3) is 7.09. The number of pyridine rings is 1. The van der Waals surface area contributed by atoms with E-state index < -0.39 is 41.3 Å². The van der Waals surface area contributed by atoms with Crippen molar-refractivity contribution in [1.29, 1.82) is 0 Å². The highest BCUT2D eigenvalue weighted by Crippen LogP contribution is 2.47. The lowest BCUT2D eigenvalue weighted by Crippen LogP contribution is -2.62. The molecule has 0 spiro atoms. The molecule has 9 rings (SSSR count). The molecule has 0 saturated carbocycles. The average Bonchev–Trinajstić information content (AvgIpc) is 3.80. The minimum absolute atomic E-state index is 0.0580. The number of amides is 1. The van der Waals surface area contributed by atoms with E-state index >= 15 is 8.78 Å². The van der Waals surface area contributed by atoms with Crippen molar-refractivity contribution in [2.24, 2.45) is 0 Å². The molecule has 4 saturated heterocycles. The fourth-order valence-electron chi connectivity index (χ4n) is 10.2. The molecule has 1 amide bonds. The van der Waals surface area contributed by atoms with E-state index in [9.17, 15) is 18.0 Å². The summed E-state index contributed by atoms with van der Waals surface area (Å²) in [6.45, 7) is 6.34. The summed E-state index contributed by atoms with van der Waals surface area (Å²) in [6.07, 6.45) is 3.31. The Balaban J connectivity index is 1.19. The maximum Gasteiger partial charge on any atom is 0.522 e. The molecule has 60 heavy (non-hydrogen) atoms. The van der Waals surface area contributed by atoms with Crippen molar-refractivity contribution in [3.8, 4) is 35.4 Å². The van der Waals surface area contributed by atoms with Gasteiger partial charge in [0.05, 0.1) is 46.4 Å². The number of anilines is 1. The van der Waals surface area contributed by atoms with Gasteiger partial charge < -0.3 is 23.8 Å². The average molecular weight is 837 g/mol. The number of benzene rings is 2. The molecule has 318 valence electrons. The first kappa shape index (κ1) is 40.4. The number of hydrogen-bond donors (Lipinski definition) is 0. The summed E-state index contributed by atoms with van der Waals surface area (Å²) in [5, 5.41) is 1.10. The Morgan fingerprint density at radius 1 is 1.02 bits per heavy atom. The Labute approximate surface area is 343 Å². The molecule has 0 N–H and O–H groups in total. The summed E-state index contributed by atoms with van der Waals surface area (Å²) in [4.78, 5) is 34.1. The topological polar surface area (TPSA) is 112 Å². The number of hydrogen-bond acceptors (Lipinski definition) is 11. The van der Waals surface area contributed by atoms with Crippen LogP contribution < -0.4 is 14.4 Å². The van der Waals surface area contributed by atoms with Crippen LogP contribution in [0.3, 0.4) is 0 Å². The molecule has 2 aromatic heterocycles. The van der Waals surface area contributed by atoms with E-state index in [1.54, 1.807) is 6.07 Å². The fraction of sp³-hybridized carbons (Fsp3) is 0.535. The second-order valence-corrected chi connectivity index (χ2v) is 17.4. The molecule has 4 aromatic rings. The van der Waals surface area contributed by atoms with Crippen molar-refractivity contribution in [3.05, 3.63) is 47.2 Å². The van der Waals surface area contributed by atoms with Gasteiger partial charge in [0.1, 0.15) is 40.8 Å². The van der Waals surface area contributed by atoms with Gasteiger partial charge in [-0.25, -0.2) is 18.6 Å². The normalized spacial score (nSPS) is 25.0. The number of aromatic nitrogens is 3. The van der Waals surface area contributed by atoms with Crippen LogP contribution in [0.2, 0.25) is 0 Å². The molecule has 12 nitrogen and oxygen atoms in total. The van der Waals surface area contributed by atoms with Crippen LogP contribution in [-0.2, 0) is 20.6 Å². The smallest absolute Gasteiger partial charge is 0.468 e. The van der Waals surface area contributed by atoms with Gasteiger partial charge in [-0.05, 0) is 95.8 Å². The minimum atomic E-state index is -4.78. The van der Waals surface area contributed by atoms with Crippen LogP contribution in [0.4, 0.5) is 32.6 Å². The molecule has 5 aliphatic heterocycles. The molecular formula is C43H45F5N6O6. The Morgan fingerprint density at radius 2 is 1.83 bits per heavy atom. The van der Waals surface area contributed by atoms with Crippen molar-refractivity contribution >= 4 is 33.6 Å². The lowest BCUT2D eigenvalue weighted by atomic mass is 9.94. The number of nitrogens with zero attached hydrogens (tertiary/aromatic N) is 6. The van der Waals surface area contributed by atoms with Gasteiger partial charge in [-0.1, -0.05) is 12.0 Å². The van der Waals surface area contributed by atoms with E-state index in [4.69, 9.17) is 35.3 Å². The van der Waals surface area contributed by atoms with Crippen molar-refractivity contribution in [2.45, 2.75) is 107 Å². The van der Waals surface area contributed by atoms with Crippen molar-refractivity contribution in [2.75, 3.05) is 45.0 Å². The molecule has 0 radical (unpaired) electrons. The van der Waals surface area contributed by atoms with Gasteiger partial charge in [-0.15, -0.1) is 19.6 Å². The molecule has 2 aromatic carbocycles. The monoisotopic (exact) mass is 836 g/mol. The van der Waals surface area contributed by atoms with E-state index in [-0.39, 0.29) is 78.2 Å². The summed E-state index contributed by atoms with van der Waals surface area (Å²) in [5.74, 6) is 1.60. The third-order valence-electron chi connectivity index (χ3n) is 12.5. The summed E-state index contributed by atoms with van der Waals surface area (Å²) < 4.78 is 101. The maximum atomic E-state index is 17.7. The summed E-state index contributed by atoms with van der Waals surface area (Å²) in [7, 11) is 1.46. The molecule has 0 aliphatic carbocycles. The van der Waals surface area contributed by atoms with E-state index in [2.05, 4.69) is 20.5 Å². The second-order valence-electron chi connectivity index (χ2n) is 17.4. The Hall–Kier alpha value is -5.05. The predicted molar refractivity (Wildman–Crippen MR) is 210 cm³/mol. The molecule has 5 atom stereocenters. The first-order valence-electron chi connectivity index (χ1n) is 20.2. The zero-order valence-corrected chi connectivity index (χ0v) is 33.7. The Bertz CT molecular complexity index is 2420. The maximum absolute atomic E-state index is 17.7. The van der Waals surface area contributed by atoms with Gasteiger partial charge in [0.15, 0.2) is 12.6 Å². The number of methoxy groups -OCH3 is 1.